The standard InChI is InChI=1S/C6H8N2.ClH/c1-7-6-4-2-3-5-8-6;/h2-5H,1H3,(H,7,8);1H. The van der Waals surface area contributed by atoms with Crippen molar-refractivity contribution in [3.05, 3.63) is 24.4 Å². The van der Waals surface area contributed by atoms with E-state index in [0.717, 1.165) is 5.82 Å². The summed E-state index contributed by atoms with van der Waals surface area (Å²) in [7, 11) is 1.85. The molecule has 3 heteroatoms. The van der Waals surface area contributed by atoms with E-state index in [1.54, 1.807) is 6.20 Å². The molecule has 0 saturated heterocycles. The van der Waals surface area contributed by atoms with Gasteiger partial charge >= 0.3 is 0 Å². The van der Waals surface area contributed by atoms with E-state index in [-0.39, 0.29) is 12.4 Å². The van der Waals surface area contributed by atoms with Crippen LogP contribution in [0.15, 0.2) is 24.4 Å². The number of nitrogens with zero attached hydrogens (tertiary/aromatic N) is 1. The lowest BCUT2D eigenvalue weighted by atomic mass is 10.5. The highest BCUT2D eigenvalue weighted by molar-refractivity contribution is 5.85. The molecule has 0 atom stereocenters. The lowest BCUT2D eigenvalue weighted by Crippen LogP contribution is -1.88. The molecule has 0 bridgehead atoms. The maximum atomic E-state index is 3.99. The van der Waals surface area contributed by atoms with Crippen LogP contribution in [-0.4, -0.2) is 12.0 Å². The molecule has 50 valence electrons. The Morgan fingerprint density at radius 3 is 2.56 bits per heavy atom. The van der Waals surface area contributed by atoms with Crippen molar-refractivity contribution in [2.45, 2.75) is 0 Å². The van der Waals surface area contributed by atoms with Crippen molar-refractivity contribution in [3.8, 4) is 0 Å². The molecule has 0 aromatic carbocycles. The molecule has 1 aromatic heterocycles. The molecular weight excluding hydrogens is 136 g/mol. The average molecular weight is 145 g/mol. The summed E-state index contributed by atoms with van der Waals surface area (Å²) in [5, 5.41) is 2.92. The van der Waals surface area contributed by atoms with Crippen LogP contribution < -0.4 is 5.32 Å². The van der Waals surface area contributed by atoms with Gasteiger partial charge in [0, 0.05) is 13.2 Å². The number of nitrogens with one attached hydrogen (secondary N) is 1. The molecule has 1 rings (SSSR count). The Kier molecular flexibility index (Phi) is 3.80. The predicted octanol–water partition coefficient (Wildman–Crippen LogP) is 1.55. The number of rotatable bonds is 1. The van der Waals surface area contributed by atoms with Gasteiger partial charge in [0.05, 0.1) is 0 Å². The highest BCUT2D eigenvalue weighted by atomic mass is 35.5. The van der Waals surface area contributed by atoms with Gasteiger partial charge in [0.15, 0.2) is 0 Å². The topological polar surface area (TPSA) is 24.9 Å². The fourth-order valence-corrected chi connectivity index (χ4v) is 0.511. The third-order valence-electron chi connectivity index (χ3n) is 0.921. The van der Waals surface area contributed by atoms with Crippen LogP contribution in [0.2, 0.25) is 0 Å². The number of pyridine rings is 1. The van der Waals surface area contributed by atoms with E-state index in [1.165, 1.54) is 0 Å². The van der Waals surface area contributed by atoms with Crippen LogP contribution in [0.1, 0.15) is 0 Å². The van der Waals surface area contributed by atoms with E-state index in [9.17, 15) is 0 Å². The molecule has 0 unspecified atom stereocenters. The Balaban J connectivity index is 0.000000640. The van der Waals surface area contributed by atoms with Gasteiger partial charge in [-0.25, -0.2) is 4.98 Å². The van der Waals surface area contributed by atoms with Crippen LogP contribution in [0.3, 0.4) is 0 Å². The zero-order chi connectivity index (χ0) is 5.82. The van der Waals surface area contributed by atoms with E-state index in [4.69, 9.17) is 0 Å². The minimum absolute atomic E-state index is 0. The van der Waals surface area contributed by atoms with Gasteiger partial charge in [-0.05, 0) is 12.1 Å². The molecule has 1 aromatic rings. The summed E-state index contributed by atoms with van der Waals surface area (Å²) in [5.41, 5.74) is 0. The monoisotopic (exact) mass is 144 g/mol. The summed E-state index contributed by atoms with van der Waals surface area (Å²) >= 11 is 0. The zero-order valence-corrected chi connectivity index (χ0v) is 5.98. The van der Waals surface area contributed by atoms with Gasteiger partial charge in [-0.15, -0.1) is 12.4 Å². The lowest BCUT2D eigenvalue weighted by molar-refractivity contribution is 1.29. The molecule has 0 aliphatic heterocycles. The molecule has 1 heterocycles. The third kappa shape index (κ3) is 2.33. The van der Waals surface area contributed by atoms with Crippen molar-refractivity contribution in [1.82, 2.24) is 4.98 Å². The van der Waals surface area contributed by atoms with Gasteiger partial charge in [0.2, 0.25) is 0 Å². The summed E-state index contributed by atoms with van der Waals surface area (Å²) < 4.78 is 0. The first-order valence-electron chi connectivity index (χ1n) is 2.52. The quantitative estimate of drug-likeness (QED) is 0.647. The molecule has 0 aliphatic rings. The molecule has 0 amide bonds. The number of aromatic nitrogens is 1. The van der Waals surface area contributed by atoms with E-state index >= 15 is 0 Å². The number of hydrogen-bond acceptors (Lipinski definition) is 2. The Labute approximate surface area is 60.7 Å². The molecular formula is C6H9ClN2. The third-order valence-corrected chi connectivity index (χ3v) is 0.921. The molecule has 0 saturated carbocycles. The molecule has 0 aliphatic carbocycles. The maximum absolute atomic E-state index is 3.99. The van der Waals surface area contributed by atoms with Crippen LogP contribution in [0.5, 0.6) is 0 Å². The molecule has 0 radical (unpaired) electrons. The first-order chi connectivity index (χ1) is 3.93. The van der Waals surface area contributed by atoms with E-state index in [1.807, 2.05) is 25.2 Å². The molecule has 0 spiro atoms. The SMILES string of the molecule is CNc1ccccn1.Cl. The first-order valence-corrected chi connectivity index (χ1v) is 2.52. The molecule has 0 fully saturated rings. The van der Waals surface area contributed by atoms with E-state index in [0.29, 0.717) is 0 Å². The Morgan fingerprint density at radius 2 is 2.22 bits per heavy atom. The van der Waals surface area contributed by atoms with Crippen molar-refractivity contribution >= 4 is 18.2 Å². The normalized spacial score (nSPS) is 7.67. The molecule has 2 nitrogen and oxygen atoms in total. The van der Waals surface area contributed by atoms with Crippen molar-refractivity contribution < 1.29 is 0 Å². The second-order valence-electron chi connectivity index (χ2n) is 1.46. The van der Waals surface area contributed by atoms with Crippen molar-refractivity contribution in [2.75, 3.05) is 12.4 Å². The van der Waals surface area contributed by atoms with Crippen LogP contribution >= 0.6 is 12.4 Å². The average Bonchev–Trinajstić information content (AvgIpc) is 1.90. The second kappa shape index (κ2) is 4.15. The van der Waals surface area contributed by atoms with Gasteiger partial charge in [-0.3, -0.25) is 0 Å². The zero-order valence-electron chi connectivity index (χ0n) is 5.16. The highest BCUT2D eigenvalue weighted by Crippen LogP contribution is 1.95. The second-order valence-corrected chi connectivity index (χ2v) is 1.46. The Morgan fingerprint density at radius 1 is 1.44 bits per heavy atom. The minimum atomic E-state index is 0. The van der Waals surface area contributed by atoms with Crippen LogP contribution in [-0.2, 0) is 0 Å². The van der Waals surface area contributed by atoms with Crippen molar-refractivity contribution in [1.29, 1.82) is 0 Å². The van der Waals surface area contributed by atoms with E-state index in [2.05, 4.69) is 10.3 Å². The van der Waals surface area contributed by atoms with Crippen LogP contribution in [0.4, 0.5) is 5.82 Å². The Bertz CT molecular complexity index is 152. The maximum Gasteiger partial charge on any atom is 0.125 e. The van der Waals surface area contributed by atoms with E-state index < -0.39 is 0 Å². The highest BCUT2D eigenvalue weighted by Gasteiger charge is 1.79. The van der Waals surface area contributed by atoms with Crippen LogP contribution in [0, 0.1) is 0 Å². The fraction of sp³-hybridized carbons (Fsp3) is 0.167. The van der Waals surface area contributed by atoms with Gasteiger partial charge in [0.25, 0.3) is 0 Å². The van der Waals surface area contributed by atoms with Gasteiger partial charge in [0.1, 0.15) is 5.82 Å². The fourth-order valence-electron chi connectivity index (χ4n) is 0.511. The molecule has 9 heavy (non-hydrogen) atoms. The predicted molar refractivity (Wildman–Crippen MR) is 41.0 cm³/mol. The van der Waals surface area contributed by atoms with Gasteiger partial charge in [-0.1, -0.05) is 6.07 Å². The van der Waals surface area contributed by atoms with Crippen molar-refractivity contribution in [3.63, 3.8) is 0 Å². The van der Waals surface area contributed by atoms with Gasteiger partial charge in [-0.2, -0.15) is 0 Å². The largest absolute Gasteiger partial charge is 0.373 e. The minimum Gasteiger partial charge on any atom is -0.373 e. The Hall–Kier alpha value is -0.760. The lowest BCUT2D eigenvalue weighted by Gasteiger charge is -1.92. The summed E-state index contributed by atoms with van der Waals surface area (Å²) in [4.78, 5) is 3.99. The molecule has 1 N–H and O–H groups in total. The van der Waals surface area contributed by atoms with Crippen molar-refractivity contribution in [2.24, 2.45) is 0 Å². The number of anilines is 1. The van der Waals surface area contributed by atoms with Crippen LogP contribution in [0.25, 0.3) is 0 Å². The summed E-state index contributed by atoms with van der Waals surface area (Å²) in [6.45, 7) is 0. The summed E-state index contributed by atoms with van der Waals surface area (Å²) in [6, 6.07) is 5.75. The van der Waals surface area contributed by atoms with Gasteiger partial charge < -0.3 is 5.32 Å². The number of halogens is 1. The number of hydrogen-bond donors (Lipinski definition) is 1. The smallest absolute Gasteiger partial charge is 0.125 e. The summed E-state index contributed by atoms with van der Waals surface area (Å²) in [6.07, 6.45) is 1.76. The first kappa shape index (κ1) is 8.24. The summed E-state index contributed by atoms with van der Waals surface area (Å²) in [5.74, 6) is 0.910.